The third-order valence-corrected chi connectivity index (χ3v) is 4.78. The van der Waals surface area contributed by atoms with Crippen LogP contribution in [0.1, 0.15) is 32.3 Å². The number of hydrogen-bond donors (Lipinski definition) is 1. The van der Waals surface area contributed by atoms with Crippen molar-refractivity contribution in [3.8, 4) is 5.75 Å². The Kier molecular flexibility index (Phi) is 5.35. The van der Waals surface area contributed by atoms with Crippen LogP contribution in [0.25, 0.3) is 0 Å². The lowest BCUT2D eigenvalue weighted by Crippen LogP contribution is -2.48. The van der Waals surface area contributed by atoms with Gasteiger partial charge >= 0.3 is 0 Å². The molecule has 1 aromatic rings. The summed E-state index contributed by atoms with van der Waals surface area (Å²) in [5.41, 5.74) is 1.49. The van der Waals surface area contributed by atoms with Gasteiger partial charge in [0.1, 0.15) is 5.75 Å². The molecule has 4 heteroatoms. The minimum absolute atomic E-state index is 0.222. The number of benzene rings is 1. The molecule has 2 rings (SSSR count). The third-order valence-electron chi connectivity index (χ3n) is 3.87. The molecule has 0 aromatic heterocycles. The van der Waals surface area contributed by atoms with E-state index >= 15 is 0 Å². The highest BCUT2D eigenvalue weighted by Crippen LogP contribution is 2.24. The highest BCUT2D eigenvalue weighted by atomic mass is 32.2. The van der Waals surface area contributed by atoms with Crippen LogP contribution < -0.4 is 10.1 Å². The van der Waals surface area contributed by atoms with E-state index in [1.54, 1.807) is 7.11 Å². The second-order valence-corrected chi connectivity index (χ2v) is 6.51. The molecule has 0 amide bonds. The Morgan fingerprint density at radius 2 is 2.30 bits per heavy atom. The fourth-order valence-corrected chi connectivity index (χ4v) is 3.44. The summed E-state index contributed by atoms with van der Waals surface area (Å²) in [7, 11) is 1.70. The van der Waals surface area contributed by atoms with Crippen molar-refractivity contribution in [3.05, 3.63) is 29.8 Å². The maximum atomic E-state index is 5.24. The number of amidine groups is 1. The molecule has 1 N–H and O–H groups in total. The third kappa shape index (κ3) is 4.17. The summed E-state index contributed by atoms with van der Waals surface area (Å²) in [4.78, 5) is 4.71. The summed E-state index contributed by atoms with van der Waals surface area (Å²) in [6.07, 6.45) is 3.30. The predicted octanol–water partition coefficient (Wildman–Crippen LogP) is 3.49. The first-order valence-electron chi connectivity index (χ1n) is 7.23. The van der Waals surface area contributed by atoms with E-state index in [2.05, 4.69) is 31.3 Å². The smallest absolute Gasteiger partial charge is 0.156 e. The van der Waals surface area contributed by atoms with Gasteiger partial charge < -0.3 is 10.1 Å². The summed E-state index contributed by atoms with van der Waals surface area (Å²) in [5.74, 6) is 2.08. The molecule has 1 atom stereocenters. The lowest BCUT2D eigenvalue weighted by molar-refractivity contribution is 0.390. The van der Waals surface area contributed by atoms with Crippen molar-refractivity contribution in [3.63, 3.8) is 0 Å². The first-order valence-corrected chi connectivity index (χ1v) is 8.22. The Labute approximate surface area is 126 Å². The van der Waals surface area contributed by atoms with Gasteiger partial charge in [0, 0.05) is 17.8 Å². The van der Waals surface area contributed by atoms with Gasteiger partial charge in [-0.05, 0) is 43.9 Å². The van der Waals surface area contributed by atoms with Crippen molar-refractivity contribution in [1.82, 2.24) is 5.32 Å². The number of methoxy groups -OCH3 is 1. The van der Waals surface area contributed by atoms with Crippen LogP contribution in [0.4, 0.5) is 0 Å². The van der Waals surface area contributed by atoms with E-state index in [9.17, 15) is 0 Å². The zero-order chi connectivity index (χ0) is 14.4. The number of hydrogen-bond acceptors (Lipinski definition) is 3. The molecule has 110 valence electrons. The molecule has 1 aliphatic heterocycles. The average Bonchev–Trinajstić information content (AvgIpc) is 2.48. The number of nitrogens with zero attached hydrogens (tertiary/aromatic N) is 1. The summed E-state index contributed by atoms with van der Waals surface area (Å²) in [6, 6.07) is 8.21. The maximum absolute atomic E-state index is 5.24. The van der Waals surface area contributed by atoms with Gasteiger partial charge in [-0.2, -0.15) is 0 Å². The van der Waals surface area contributed by atoms with Crippen LogP contribution in [0.5, 0.6) is 5.75 Å². The molecule has 1 aliphatic rings. The van der Waals surface area contributed by atoms with Crippen molar-refractivity contribution in [2.75, 3.05) is 19.4 Å². The maximum Gasteiger partial charge on any atom is 0.156 e. The molecule has 0 aliphatic carbocycles. The summed E-state index contributed by atoms with van der Waals surface area (Å²) < 4.78 is 5.24. The van der Waals surface area contributed by atoms with Gasteiger partial charge in [-0.25, -0.2) is 0 Å². The second kappa shape index (κ2) is 7.02. The first kappa shape index (κ1) is 15.2. The van der Waals surface area contributed by atoms with E-state index in [1.807, 2.05) is 23.9 Å². The van der Waals surface area contributed by atoms with Crippen LogP contribution in [-0.4, -0.2) is 30.1 Å². The zero-order valence-corrected chi connectivity index (χ0v) is 13.4. The van der Waals surface area contributed by atoms with E-state index in [-0.39, 0.29) is 5.54 Å². The molecule has 1 aromatic carbocycles. The van der Waals surface area contributed by atoms with E-state index in [4.69, 9.17) is 9.73 Å². The quantitative estimate of drug-likeness (QED) is 0.902. The van der Waals surface area contributed by atoms with Crippen LogP contribution >= 0.6 is 11.8 Å². The molecule has 1 heterocycles. The molecule has 0 spiro atoms. The van der Waals surface area contributed by atoms with Gasteiger partial charge in [-0.15, -0.1) is 0 Å². The van der Waals surface area contributed by atoms with Gasteiger partial charge in [0.25, 0.3) is 0 Å². The standard InChI is InChI=1S/C16H24N2OS/c1-4-16(2)9-11-20-15(18-16)17-10-8-13-6-5-7-14(12-13)19-3/h5-7,12H,4,8-11H2,1-3H3,(H,17,18). The van der Waals surface area contributed by atoms with Crippen molar-refractivity contribution >= 4 is 16.9 Å². The Morgan fingerprint density at radius 1 is 1.45 bits per heavy atom. The van der Waals surface area contributed by atoms with Crippen LogP contribution in [0.15, 0.2) is 29.3 Å². The van der Waals surface area contributed by atoms with Crippen molar-refractivity contribution < 1.29 is 4.74 Å². The first-order chi connectivity index (χ1) is 9.65. The van der Waals surface area contributed by atoms with Crippen LogP contribution in [0.3, 0.4) is 0 Å². The minimum Gasteiger partial charge on any atom is -0.497 e. The van der Waals surface area contributed by atoms with Gasteiger partial charge in [-0.3, -0.25) is 4.99 Å². The molecule has 3 nitrogen and oxygen atoms in total. The van der Waals surface area contributed by atoms with Gasteiger partial charge in [0.05, 0.1) is 7.11 Å². The van der Waals surface area contributed by atoms with Crippen LogP contribution in [0, 0.1) is 0 Å². The number of ether oxygens (including phenoxy) is 1. The Bertz CT molecular complexity index is 475. The monoisotopic (exact) mass is 292 g/mol. The van der Waals surface area contributed by atoms with Gasteiger partial charge in [-0.1, -0.05) is 30.8 Å². The normalized spacial score (nSPS) is 24.4. The largest absolute Gasteiger partial charge is 0.497 e. The summed E-state index contributed by atoms with van der Waals surface area (Å²) in [5, 5.41) is 4.68. The second-order valence-electron chi connectivity index (χ2n) is 5.43. The minimum atomic E-state index is 0.222. The molecule has 1 unspecified atom stereocenters. The van der Waals surface area contributed by atoms with Crippen molar-refractivity contribution in [1.29, 1.82) is 0 Å². The van der Waals surface area contributed by atoms with E-state index in [1.165, 1.54) is 12.0 Å². The molecule has 20 heavy (non-hydrogen) atoms. The SMILES string of the molecule is CCC1(C)CCSC(=NCCc2cccc(OC)c2)N1. The van der Waals surface area contributed by atoms with Gasteiger partial charge in [0.15, 0.2) is 5.17 Å². The number of rotatable bonds is 5. The van der Waals surface area contributed by atoms with E-state index in [0.29, 0.717) is 0 Å². The molecule has 0 radical (unpaired) electrons. The predicted molar refractivity (Wildman–Crippen MR) is 87.9 cm³/mol. The van der Waals surface area contributed by atoms with E-state index in [0.717, 1.165) is 36.1 Å². The fourth-order valence-electron chi connectivity index (χ4n) is 2.19. The molecule has 0 bridgehead atoms. The van der Waals surface area contributed by atoms with Gasteiger partial charge in [0.2, 0.25) is 0 Å². The molecular formula is C16H24N2OS. The molecule has 0 saturated carbocycles. The Balaban J connectivity index is 1.89. The van der Waals surface area contributed by atoms with Crippen molar-refractivity contribution in [2.24, 2.45) is 4.99 Å². The fraction of sp³-hybridized carbons (Fsp3) is 0.562. The highest BCUT2D eigenvalue weighted by Gasteiger charge is 2.27. The highest BCUT2D eigenvalue weighted by molar-refractivity contribution is 8.13. The zero-order valence-electron chi connectivity index (χ0n) is 12.6. The lowest BCUT2D eigenvalue weighted by Gasteiger charge is -2.35. The summed E-state index contributed by atoms with van der Waals surface area (Å²) in [6.45, 7) is 5.34. The topological polar surface area (TPSA) is 33.6 Å². The molecule has 1 fully saturated rings. The lowest BCUT2D eigenvalue weighted by atomic mass is 9.96. The van der Waals surface area contributed by atoms with E-state index < -0.39 is 0 Å². The van der Waals surface area contributed by atoms with Crippen LogP contribution in [0.2, 0.25) is 0 Å². The Morgan fingerprint density at radius 3 is 3.05 bits per heavy atom. The number of nitrogens with one attached hydrogen (secondary N) is 1. The molecular weight excluding hydrogens is 268 g/mol. The average molecular weight is 292 g/mol. The van der Waals surface area contributed by atoms with Crippen molar-refractivity contribution in [2.45, 2.75) is 38.6 Å². The van der Waals surface area contributed by atoms with Crippen LogP contribution in [-0.2, 0) is 6.42 Å². The summed E-state index contributed by atoms with van der Waals surface area (Å²) >= 11 is 1.84. The number of aliphatic imine (C=N–C) groups is 1. The molecule has 1 saturated heterocycles. The number of thioether (sulfide) groups is 1. The Hall–Kier alpha value is -1.16.